The average Bonchev–Trinajstić information content (AvgIpc) is 3.06. The Hall–Kier alpha value is -1.85. The Morgan fingerprint density at radius 3 is 2.42 bits per heavy atom. The number of ether oxygens (including phenoxy) is 1. The van der Waals surface area contributed by atoms with Crippen molar-refractivity contribution in [3.8, 4) is 0 Å². The van der Waals surface area contributed by atoms with Crippen LogP contribution in [0, 0.1) is 0 Å². The molecule has 0 fully saturated rings. The molecule has 0 atom stereocenters. The summed E-state index contributed by atoms with van der Waals surface area (Å²) in [6, 6.07) is 10.6. The van der Waals surface area contributed by atoms with E-state index in [9.17, 15) is 0 Å². The third kappa shape index (κ3) is 6.72. The highest BCUT2D eigenvalue weighted by atomic mass is 32.1. The molecule has 0 aliphatic heterocycles. The molecule has 0 saturated carbocycles. The largest absolute Gasteiger partial charge is 0.371 e. The van der Waals surface area contributed by atoms with Gasteiger partial charge in [0.1, 0.15) is 0 Å². The van der Waals surface area contributed by atoms with Crippen LogP contribution in [-0.4, -0.2) is 18.6 Å². The van der Waals surface area contributed by atoms with Gasteiger partial charge in [0.15, 0.2) is 5.96 Å². The minimum Gasteiger partial charge on any atom is -0.371 e. The predicted octanol–water partition coefficient (Wildman–Crippen LogP) is 3.93. The molecule has 0 unspecified atom stereocenters. The van der Waals surface area contributed by atoms with E-state index in [0.717, 1.165) is 19.0 Å². The van der Waals surface area contributed by atoms with Gasteiger partial charge in [-0.2, -0.15) is 11.3 Å². The average molecular weight is 346 g/mol. The van der Waals surface area contributed by atoms with Crippen molar-refractivity contribution in [1.82, 2.24) is 10.6 Å². The maximum absolute atomic E-state index is 5.84. The van der Waals surface area contributed by atoms with Crippen LogP contribution in [0.1, 0.15) is 37.5 Å². The molecule has 1 aromatic carbocycles. The maximum Gasteiger partial charge on any atom is 0.191 e. The smallest absolute Gasteiger partial charge is 0.191 e. The number of guanidine groups is 1. The van der Waals surface area contributed by atoms with Gasteiger partial charge in [-0.1, -0.05) is 24.3 Å². The maximum atomic E-state index is 5.84. The summed E-state index contributed by atoms with van der Waals surface area (Å²) < 4.78 is 5.84. The number of rotatable bonds is 6. The van der Waals surface area contributed by atoms with Crippen LogP contribution in [0.15, 0.2) is 46.1 Å². The lowest BCUT2D eigenvalue weighted by Gasteiger charge is -2.19. The Balaban J connectivity index is 1.83. The summed E-state index contributed by atoms with van der Waals surface area (Å²) in [5.41, 5.74) is 3.54. The van der Waals surface area contributed by atoms with Crippen molar-refractivity contribution in [3.63, 3.8) is 0 Å². The fraction of sp³-hybridized carbons (Fsp3) is 0.421. The highest BCUT2D eigenvalue weighted by molar-refractivity contribution is 7.07. The van der Waals surface area contributed by atoms with E-state index in [-0.39, 0.29) is 5.60 Å². The molecular weight excluding hydrogens is 318 g/mol. The van der Waals surface area contributed by atoms with E-state index in [2.05, 4.69) is 77.5 Å². The van der Waals surface area contributed by atoms with Crippen LogP contribution in [0.2, 0.25) is 0 Å². The highest BCUT2D eigenvalue weighted by Gasteiger charge is 2.10. The van der Waals surface area contributed by atoms with Gasteiger partial charge in [0.2, 0.25) is 0 Å². The molecule has 1 heterocycles. The molecule has 4 nitrogen and oxygen atoms in total. The van der Waals surface area contributed by atoms with Gasteiger partial charge in [0, 0.05) is 20.1 Å². The standard InChI is InChI=1S/C19H27N3OS/c1-19(2,3)23-13-16-7-5-6-15(10-16)11-21-18(20-4)22-12-17-8-9-24-14-17/h5-10,14H,11-13H2,1-4H3,(H2,20,21,22). The van der Waals surface area contributed by atoms with Gasteiger partial charge in [-0.3, -0.25) is 4.99 Å². The normalized spacial score (nSPS) is 12.2. The molecule has 0 spiro atoms. The molecule has 0 amide bonds. The minimum absolute atomic E-state index is 0.123. The van der Waals surface area contributed by atoms with Gasteiger partial charge >= 0.3 is 0 Å². The van der Waals surface area contributed by atoms with Gasteiger partial charge in [0.05, 0.1) is 12.2 Å². The van der Waals surface area contributed by atoms with Crippen molar-refractivity contribution in [2.24, 2.45) is 4.99 Å². The fourth-order valence-electron chi connectivity index (χ4n) is 2.11. The Morgan fingerprint density at radius 1 is 1.08 bits per heavy atom. The first-order valence-corrected chi connectivity index (χ1v) is 9.08. The van der Waals surface area contributed by atoms with Gasteiger partial charge in [-0.15, -0.1) is 0 Å². The molecule has 2 N–H and O–H groups in total. The molecule has 2 aromatic rings. The quantitative estimate of drug-likeness (QED) is 0.616. The number of hydrogen-bond donors (Lipinski definition) is 2. The molecule has 5 heteroatoms. The van der Waals surface area contributed by atoms with Crippen molar-refractivity contribution >= 4 is 17.3 Å². The van der Waals surface area contributed by atoms with Crippen LogP contribution in [0.5, 0.6) is 0 Å². The van der Waals surface area contributed by atoms with Gasteiger partial charge in [0.25, 0.3) is 0 Å². The third-order valence-corrected chi connectivity index (χ3v) is 4.12. The zero-order valence-corrected chi connectivity index (χ0v) is 15.7. The second-order valence-corrected chi connectivity index (χ2v) is 7.41. The summed E-state index contributed by atoms with van der Waals surface area (Å²) >= 11 is 1.70. The van der Waals surface area contributed by atoms with Crippen molar-refractivity contribution < 1.29 is 4.74 Å². The number of aliphatic imine (C=N–C) groups is 1. The number of nitrogens with one attached hydrogen (secondary N) is 2. The topological polar surface area (TPSA) is 45.7 Å². The van der Waals surface area contributed by atoms with E-state index >= 15 is 0 Å². The van der Waals surface area contributed by atoms with Gasteiger partial charge in [-0.25, -0.2) is 0 Å². The van der Waals surface area contributed by atoms with Crippen LogP contribution in [0.3, 0.4) is 0 Å². The van der Waals surface area contributed by atoms with Gasteiger partial charge < -0.3 is 15.4 Å². The number of hydrogen-bond acceptors (Lipinski definition) is 3. The van der Waals surface area contributed by atoms with E-state index in [1.165, 1.54) is 16.7 Å². The summed E-state index contributed by atoms with van der Waals surface area (Å²) in [5, 5.41) is 10.9. The van der Waals surface area contributed by atoms with Crippen molar-refractivity contribution in [2.45, 2.75) is 46.1 Å². The molecular formula is C19H27N3OS. The minimum atomic E-state index is -0.123. The summed E-state index contributed by atoms with van der Waals surface area (Å²) in [5.74, 6) is 0.803. The second-order valence-electron chi connectivity index (χ2n) is 6.63. The molecule has 0 aliphatic carbocycles. The first-order chi connectivity index (χ1) is 11.5. The second kappa shape index (κ2) is 8.85. The monoisotopic (exact) mass is 345 g/mol. The Kier molecular flexibility index (Phi) is 6.82. The molecule has 1 aromatic heterocycles. The molecule has 0 radical (unpaired) electrons. The lowest BCUT2D eigenvalue weighted by molar-refractivity contribution is -0.0149. The molecule has 24 heavy (non-hydrogen) atoms. The highest BCUT2D eigenvalue weighted by Crippen LogP contribution is 2.13. The summed E-state index contributed by atoms with van der Waals surface area (Å²) in [7, 11) is 1.79. The Bertz CT molecular complexity index is 645. The zero-order chi connectivity index (χ0) is 17.4. The first kappa shape index (κ1) is 18.5. The molecule has 130 valence electrons. The van der Waals surface area contributed by atoms with E-state index in [1.807, 2.05) is 0 Å². The van der Waals surface area contributed by atoms with E-state index < -0.39 is 0 Å². The summed E-state index contributed by atoms with van der Waals surface area (Å²) in [4.78, 5) is 4.27. The van der Waals surface area contributed by atoms with Crippen molar-refractivity contribution in [2.75, 3.05) is 7.05 Å². The number of thiophene rings is 1. The van der Waals surface area contributed by atoms with Crippen LogP contribution in [-0.2, 0) is 24.4 Å². The van der Waals surface area contributed by atoms with Crippen molar-refractivity contribution in [3.05, 3.63) is 57.8 Å². The van der Waals surface area contributed by atoms with Crippen molar-refractivity contribution in [1.29, 1.82) is 0 Å². The molecule has 0 aliphatic rings. The lowest BCUT2D eigenvalue weighted by Crippen LogP contribution is -2.36. The predicted molar refractivity (Wildman–Crippen MR) is 102 cm³/mol. The zero-order valence-electron chi connectivity index (χ0n) is 14.9. The van der Waals surface area contributed by atoms with E-state index in [1.54, 1.807) is 18.4 Å². The van der Waals surface area contributed by atoms with Crippen LogP contribution in [0.25, 0.3) is 0 Å². The van der Waals surface area contributed by atoms with E-state index in [4.69, 9.17) is 4.74 Å². The Labute approximate surface area is 149 Å². The van der Waals surface area contributed by atoms with Crippen LogP contribution < -0.4 is 10.6 Å². The van der Waals surface area contributed by atoms with Gasteiger partial charge in [-0.05, 0) is 54.3 Å². The molecule has 0 bridgehead atoms. The van der Waals surface area contributed by atoms with Crippen LogP contribution in [0.4, 0.5) is 0 Å². The first-order valence-electron chi connectivity index (χ1n) is 8.13. The number of nitrogens with zero attached hydrogens (tertiary/aromatic N) is 1. The molecule has 0 saturated heterocycles. The number of benzene rings is 1. The molecule has 2 rings (SSSR count). The SMILES string of the molecule is CN=C(NCc1ccsc1)NCc1cccc(COC(C)(C)C)c1. The third-order valence-electron chi connectivity index (χ3n) is 3.39. The lowest BCUT2D eigenvalue weighted by atomic mass is 10.1. The fourth-order valence-corrected chi connectivity index (χ4v) is 2.78. The summed E-state index contributed by atoms with van der Waals surface area (Å²) in [6.07, 6.45) is 0. The van der Waals surface area contributed by atoms with Crippen LogP contribution >= 0.6 is 11.3 Å². The van der Waals surface area contributed by atoms with E-state index in [0.29, 0.717) is 6.61 Å². The summed E-state index contributed by atoms with van der Waals surface area (Å²) in [6.45, 7) is 8.35. The Morgan fingerprint density at radius 2 is 1.79 bits per heavy atom.